The average molecular weight is 476 g/mol. The first-order valence-electron chi connectivity index (χ1n) is 11.0. The van der Waals surface area contributed by atoms with E-state index in [0.29, 0.717) is 17.9 Å². The number of rotatable bonds is 4. The van der Waals surface area contributed by atoms with Crippen LogP contribution >= 0.6 is 11.3 Å². The Morgan fingerprint density at radius 1 is 1.12 bits per heavy atom. The van der Waals surface area contributed by atoms with Gasteiger partial charge in [0.2, 0.25) is 0 Å². The lowest BCUT2D eigenvalue weighted by molar-refractivity contribution is -0.132. The molecule has 5 rings (SSSR count). The van der Waals surface area contributed by atoms with Gasteiger partial charge < -0.3 is 19.6 Å². The normalized spacial score (nSPS) is 19.2. The van der Waals surface area contributed by atoms with Crippen LogP contribution in [0.15, 0.2) is 65.6 Å². The van der Waals surface area contributed by atoms with Crippen molar-refractivity contribution in [2.24, 2.45) is 0 Å². The number of benzene rings is 2. The zero-order valence-electron chi connectivity index (χ0n) is 19.2. The van der Waals surface area contributed by atoms with Crippen LogP contribution in [0.2, 0.25) is 0 Å². The van der Waals surface area contributed by atoms with Gasteiger partial charge in [0.1, 0.15) is 24.2 Å². The fourth-order valence-corrected chi connectivity index (χ4v) is 5.20. The summed E-state index contributed by atoms with van der Waals surface area (Å²) >= 11 is 1.44. The first-order valence-corrected chi connectivity index (χ1v) is 11.8. The summed E-state index contributed by atoms with van der Waals surface area (Å²) in [6, 6.07) is 15.8. The van der Waals surface area contributed by atoms with Crippen molar-refractivity contribution >= 4 is 45.8 Å². The van der Waals surface area contributed by atoms with Crippen LogP contribution in [0.5, 0.6) is 5.75 Å². The van der Waals surface area contributed by atoms with Crippen molar-refractivity contribution in [3.05, 3.63) is 76.0 Å². The van der Waals surface area contributed by atoms with Gasteiger partial charge in [0.25, 0.3) is 11.7 Å². The second-order valence-corrected chi connectivity index (χ2v) is 9.53. The van der Waals surface area contributed by atoms with Crippen molar-refractivity contribution in [3.63, 3.8) is 0 Å². The van der Waals surface area contributed by atoms with E-state index in [-0.39, 0.29) is 11.3 Å². The van der Waals surface area contributed by atoms with E-state index < -0.39 is 17.7 Å². The zero-order chi connectivity index (χ0) is 24.0. The lowest BCUT2D eigenvalue weighted by Gasteiger charge is -2.28. The van der Waals surface area contributed by atoms with Gasteiger partial charge >= 0.3 is 0 Å². The number of amides is 1. The molecule has 0 aliphatic carbocycles. The first-order chi connectivity index (χ1) is 16.4. The van der Waals surface area contributed by atoms with Gasteiger partial charge in [0.15, 0.2) is 0 Å². The molecule has 1 fully saturated rings. The number of Topliss-reactive ketones (excluding diaryl/α,β-unsaturated/α-hetero) is 1. The molecule has 0 radical (unpaired) electrons. The molecule has 34 heavy (non-hydrogen) atoms. The van der Waals surface area contributed by atoms with Gasteiger partial charge in [-0.15, -0.1) is 11.3 Å². The number of ketones is 1. The number of carbonyl (C=O) groups is 2. The van der Waals surface area contributed by atoms with Gasteiger partial charge in [-0.3, -0.25) is 14.5 Å². The minimum absolute atomic E-state index is 0.0865. The number of aliphatic hydroxyl groups excluding tert-OH is 1. The summed E-state index contributed by atoms with van der Waals surface area (Å²) in [5.74, 6) is -0.821. The summed E-state index contributed by atoms with van der Waals surface area (Å²) in [6.45, 7) is 1.31. The highest BCUT2D eigenvalue weighted by Gasteiger charge is 2.47. The molecular formula is C26H25N3O4S. The van der Waals surface area contributed by atoms with E-state index in [1.54, 1.807) is 18.2 Å². The lowest BCUT2D eigenvalue weighted by Crippen LogP contribution is -2.29. The Bertz CT molecular complexity index is 1280. The third-order valence-electron chi connectivity index (χ3n) is 6.23. The Morgan fingerprint density at radius 2 is 1.88 bits per heavy atom. The molecule has 2 aliphatic rings. The van der Waals surface area contributed by atoms with Crippen LogP contribution in [-0.2, 0) is 9.59 Å². The number of hydrogen-bond donors (Lipinski definition) is 1. The van der Waals surface area contributed by atoms with Crippen LogP contribution in [0.1, 0.15) is 16.5 Å². The van der Waals surface area contributed by atoms with Crippen molar-refractivity contribution in [3.8, 4) is 5.75 Å². The predicted octanol–water partition coefficient (Wildman–Crippen LogP) is 4.27. The summed E-state index contributed by atoms with van der Waals surface area (Å²) < 4.78 is 5.70. The molecule has 1 aromatic heterocycles. The van der Waals surface area contributed by atoms with Gasteiger partial charge in [-0.1, -0.05) is 6.07 Å². The number of carbonyl (C=O) groups excluding carboxylic acids is 2. The molecule has 7 nitrogen and oxygen atoms in total. The molecule has 0 spiro atoms. The smallest absolute Gasteiger partial charge is 0.300 e. The second-order valence-electron chi connectivity index (χ2n) is 8.55. The number of ether oxygens (including phenoxy) is 1. The summed E-state index contributed by atoms with van der Waals surface area (Å²) in [6.07, 6.45) is 0. The van der Waals surface area contributed by atoms with Crippen LogP contribution in [0, 0.1) is 0 Å². The van der Waals surface area contributed by atoms with Crippen LogP contribution < -0.4 is 19.4 Å². The minimum Gasteiger partial charge on any atom is -0.507 e. The van der Waals surface area contributed by atoms with Crippen molar-refractivity contribution in [1.29, 1.82) is 0 Å². The van der Waals surface area contributed by atoms with Gasteiger partial charge in [0, 0.05) is 43.0 Å². The monoisotopic (exact) mass is 475 g/mol. The molecule has 1 unspecified atom stereocenters. The molecule has 2 aromatic carbocycles. The lowest BCUT2D eigenvalue weighted by atomic mass is 9.99. The fourth-order valence-electron chi connectivity index (χ4n) is 4.38. The number of hydrogen-bond acceptors (Lipinski definition) is 7. The van der Waals surface area contributed by atoms with Crippen molar-refractivity contribution in [2.75, 3.05) is 49.0 Å². The van der Waals surface area contributed by atoms with Gasteiger partial charge in [0.05, 0.1) is 17.8 Å². The Hall–Kier alpha value is -3.78. The minimum atomic E-state index is -0.713. The van der Waals surface area contributed by atoms with E-state index in [1.165, 1.54) is 16.2 Å². The van der Waals surface area contributed by atoms with Gasteiger partial charge in [-0.25, -0.2) is 0 Å². The number of anilines is 3. The third-order valence-corrected chi connectivity index (χ3v) is 7.15. The highest BCUT2D eigenvalue weighted by molar-refractivity contribution is 7.10. The van der Waals surface area contributed by atoms with Gasteiger partial charge in [-0.05, 0) is 53.9 Å². The van der Waals surface area contributed by atoms with Crippen molar-refractivity contribution in [2.45, 2.75) is 6.04 Å². The Balaban J connectivity index is 1.64. The topological polar surface area (TPSA) is 73.3 Å². The standard InChI is InChI=1S/C26H25N3O4S/c1-27(2)17-7-9-18(10-8-17)29-23(21-5-4-14-34-21)22(25(31)26(29)32)24(30)16-6-11-20-19(15-16)28(3)12-13-33-20/h4-11,14-15,23,30H,12-13H2,1-3H3/b24-22-. The molecule has 3 heterocycles. The van der Waals surface area contributed by atoms with E-state index in [0.717, 1.165) is 28.5 Å². The van der Waals surface area contributed by atoms with Crippen molar-refractivity contribution < 1.29 is 19.4 Å². The second kappa shape index (κ2) is 8.53. The highest BCUT2D eigenvalue weighted by atomic mass is 32.1. The number of aliphatic hydroxyl groups is 1. The molecule has 0 bridgehead atoms. The molecule has 8 heteroatoms. The summed E-state index contributed by atoms with van der Waals surface area (Å²) in [4.78, 5) is 32.8. The number of thiophene rings is 1. The van der Waals surface area contributed by atoms with E-state index in [4.69, 9.17) is 4.74 Å². The SMILES string of the molecule is CN(C)c1ccc(N2C(=O)C(=O)/C(=C(\O)c3ccc4c(c3)N(C)CCO4)C2c2cccs2)cc1. The Labute approximate surface area is 202 Å². The average Bonchev–Trinajstić information content (AvgIpc) is 3.46. The fraction of sp³-hybridized carbons (Fsp3) is 0.231. The van der Waals surface area contributed by atoms with E-state index in [9.17, 15) is 14.7 Å². The van der Waals surface area contributed by atoms with Crippen LogP contribution in [0.25, 0.3) is 5.76 Å². The Kier molecular flexibility index (Phi) is 5.53. The summed E-state index contributed by atoms with van der Waals surface area (Å²) in [5.41, 5.74) is 2.97. The number of nitrogens with zero attached hydrogens (tertiary/aromatic N) is 3. The van der Waals surface area contributed by atoms with E-state index in [2.05, 4.69) is 0 Å². The molecule has 1 amide bonds. The van der Waals surface area contributed by atoms with Crippen LogP contribution in [0.3, 0.4) is 0 Å². The Morgan fingerprint density at radius 3 is 2.56 bits per heavy atom. The van der Waals surface area contributed by atoms with E-state index in [1.807, 2.05) is 72.7 Å². The number of likely N-dealkylation sites (N-methyl/N-ethyl adjacent to an activating group) is 1. The maximum atomic E-state index is 13.3. The third kappa shape index (κ3) is 3.60. The van der Waals surface area contributed by atoms with E-state index >= 15 is 0 Å². The van der Waals surface area contributed by atoms with Crippen LogP contribution in [-0.4, -0.2) is 51.1 Å². The quantitative estimate of drug-likeness (QED) is 0.345. The maximum Gasteiger partial charge on any atom is 0.300 e. The van der Waals surface area contributed by atoms with Gasteiger partial charge in [-0.2, -0.15) is 0 Å². The van der Waals surface area contributed by atoms with Crippen LogP contribution in [0.4, 0.5) is 17.1 Å². The molecular weight excluding hydrogens is 450 g/mol. The molecule has 1 atom stereocenters. The van der Waals surface area contributed by atoms with Crippen molar-refractivity contribution in [1.82, 2.24) is 0 Å². The maximum absolute atomic E-state index is 13.3. The number of fused-ring (bicyclic) bond motifs is 1. The molecule has 3 aromatic rings. The molecule has 174 valence electrons. The summed E-state index contributed by atoms with van der Waals surface area (Å²) in [7, 11) is 5.83. The highest BCUT2D eigenvalue weighted by Crippen LogP contribution is 2.44. The molecule has 1 saturated heterocycles. The first kappa shape index (κ1) is 22.0. The zero-order valence-corrected chi connectivity index (χ0v) is 20.0. The predicted molar refractivity (Wildman–Crippen MR) is 135 cm³/mol. The molecule has 2 aliphatic heterocycles. The molecule has 0 saturated carbocycles. The largest absolute Gasteiger partial charge is 0.507 e. The summed E-state index contributed by atoms with van der Waals surface area (Å²) in [5, 5.41) is 13.3. The molecule has 1 N–H and O–H groups in total.